The number of carbonyl (C=O) groups is 1. The Bertz CT molecular complexity index is 815. The third kappa shape index (κ3) is 5.68. The number of nitrogens with one attached hydrogen (secondary N) is 1. The topological polar surface area (TPSA) is 47.6 Å². The van der Waals surface area contributed by atoms with Gasteiger partial charge in [0.1, 0.15) is 6.10 Å². The van der Waals surface area contributed by atoms with E-state index in [1.165, 1.54) is 29.4 Å². The second-order valence-electron chi connectivity index (χ2n) is 10.7. The van der Waals surface area contributed by atoms with Gasteiger partial charge < -0.3 is 14.8 Å². The summed E-state index contributed by atoms with van der Waals surface area (Å²) in [5.41, 5.74) is 5.43. The van der Waals surface area contributed by atoms with Crippen molar-refractivity contribution in [3.05, 3.63) is 70.8 Å². The second kappa shape index (κ2) is 9.04. The monoisotopic (exact) mass is 423 g/mol. The second-order valence-corrected chi connectivity index (χ2v) is 10.7. The van der Waals surface area contributed by atoms with E-state index in [0.29, 0.717) is 6.54 Å². The number of rotatable bonds is 4. The van der Waals surface area contributed by atoms with E-state index in [0.717, 1.165) is 6.42 Å². The van der Waals surface area contributed by atoms with E-state index < -0.39 is 6.16 Å². The molecule has 2 aromatic rings. The van der Waals surface area contributed by atoms with Crippen molar-refractivity contribution in [3.63, 3.8) is 0 Å². The molecular weight excluding hydrogens is 386 g/mol. The lowest BCUT2D eigenvalue weighted by Gasteiger charge is -2.27. The lowest BCUT2D eigenvalue weighted by Crippen LogP contribution is -2.30. The zero-order chi connectivity index (χ0) is 22.8. The number of methoxy groups -OCH3 is 1. The Kier molecular flexibility index (Phi) is 6.80. The molecule has 4 nitrogen and oxygen atoms in total. The predicted octanol–water partition coefficient (Wildman–Crippen LogP) is 5.93. The first-order chi connectivity index (χ1) is 14.5. The Morgan fingerprint density at radius 3 is 1.71 bits per heavy atom. The Morgan fingerprint density at radius 2 is 1.32 bits per heavy atom. The van der Waals surface area contributed by atoms with Gasteiger partial charge in [0.2, 0.25) is 0 Å². The van der Waals surface area contributed by atoms with Gasteiger partial charge in [-0.3, -0.25) is 0 Å². The summed E-state index contributed by atoms with van der Waals surface area (Å²) >= 11 is 0. The number of hydrogen-bond donors (Lipinski definition) is 1. The van der Waals surface area contributed by atoms with Gasteiger partial charge in [-0.25, -0.2) is 4.79 Å². The largest absolute Gasteiger partial charge is 0.508 e. The molecule has 0 amide bonds. The molecule has 3 rings (SSSR count). The van der Waals surface area contributed by atoms with Gasteiger partial charge in [0.05, 0.1) is 7.11 Å². The molecule has 4 heteroatoms. The standard InChI is InChI=1S/C27H37NO3/c1-26(2,3)20-12-8-18(9-13-20)24(19-10-14-21(15-11-19)27(4,5)6)23-16-22(17-28-23)31-25(29)30-7/h8-15,22-24,28H,16-17H2,1-7H3/t22-,23+/m1/s1. The van der Waals surface area contributed by atoms with Crippen LogP contribution in [0.1, 0.15) is 76.1 Å². The summed E-state index contributed by atoms with van der Waals surface area (Å²) < 4.78 is 10.1. The van der Waals surface area contributed by atoms with Gasteiger partial charge in [-0.1, -0.05) is 90.1 Å². The van der Waals surface area contributed by atoms with E-state index in [-0.39, 0.29) is 28.9 Å². The molecule has 0 aromatic heterocycles. The highest BCUT2D eigenvalue weighted by Crippen LogP contribution is 2.35. The quantitative estimate of drug-likeness (QED) is 0.620. The lowest BCUT2D eigenvalue weighted by atomic mass is 9.80. The summed E-state index contributed by atoms with van der Waals surface area (Å²) in [5.74, 6) is 0.175. The Hall–Kier alpha value is -2.33. The van der Waals surface area contributed by atoms with Crippen molar-refractivity contribution in [2.75, 3.05) is 13.7 Å². The van der Waals surface area contributed by atoms with Crippen LogP contribution in [0, 0.1) is 0 Å². The zero-order valence-corrected chi connectivity index (χ0v) is 20.0. The van der Waals surface area contributed by atoms with E-state index in [4.69, 9.17) is 4.74 Å². The molecule has 1 saturated heterocycles. The molecule has 0 unspecified atom stereocenters. The Labute approximate surface area is 187 Å². The van der Waals surface area contributed by atoms with Crippen LogP contribution in [0.3, 0.4) is 0 Å². The lowest BCUT2D eigenvalue weighted by molar-refractivity contribution is 0.0430. The van der Waals surface area contributed by atoms with Crippen molar-refractivity contribution >= 4 is 6.16 Å². The summed E-state index contributed by atoms with van der Waals surface area (Å²) in [7, 11) is 1.35. The number of benzene rings is 2. The highest BCUT2D eigenvalue weighted by Gasteiger charge is 2.34. The number of ether oxygens (including phenoxy) is 2. The first-order valence-electron chi connectivity index (χ1n) is 11.2. The SMILES string of the molecule is COC(=O)O[C@H]1CN[C@H](C(c2ccc(C(C)(C)C)cc2)c2ccc(C(C)(C)C)cc2)C1. The first-order valence-corrected chi connectivity index (χ1v) is 11.2. The summed E-state index contributed by atoms with van der Waals surface area (Å²) in [6.07, 6.45) is -0.0438. The molecule has 2 aromatic carbocycles. The van der Waals surface area contributed by atoms with Gasteiger partial charge in [-0.2, -0.15) is 0 Å². The average molecular weight is 424 g/mol. The highest BCUT2D eigenvalue weighted by molar-refractivity contribution is 5.59. The van der Waals surface area contributed by atoms with E-state index in [1.807, 2.05) is 0 Å². The fourth-order valence-electron chi connectivity index (χ4n) is 4.30. The third-order valence-electron chi connectivity index (χ3n) is 6.23. The number of hydrogen-bond acceptors (Lipinski definition) is 4. The smallest absolute Gasteiger partial charge is 0.438 e. The van der Waals surface area contributed by atoms with Crippen LogP contribution >= 0.6 is 0 Å². The van der Waals surface area contributed by atoms with Crippen LogP contribution in [0.25, 0.3) is 0 Å². The van der Waals surface area contributed by atoms with Crippen molar-refractivity contribution in [3.8, 4) is 0 Å². The van der Waals surface area contributed by atoms with Crippen LogP contribution in [-0.2, 0) is 20.3 Å². The van der Waals surface area contributed by atoms with E-state index in [2.05, 4.69) is 100 Å². The summed E-state index contributed by atoms with van der Waals surface area (Å²) in [5, 5.41) is 3.59. The molecule has 1 fully saturated rings. The minimum Gasteiger partial charge on any atom is -0.438 e. The van der Waals surface area contributed by atoms with Gasteiger partial charge in [0.25, 0.3) is 0 Å². The summed E-state index contributed by atoms with van der Waals surface area (Å²) in [6.45, 7) is 14.0. The Morgan fingerprint density at radius 1 is 0.871 bits per heavy atom. The fraction of sp³-hybridized carbons (Fsp3) is 0.519. The van der Waals surface area contributed by atoms with Crippen molar-refractivity contribution in [2.24, 2.45) is 0 Å². The molecular formula is C27H37NO3. The normalized spacial score (nSPS) is 19.5. The van der Waals surface area contributed by atoms with Crippen LogP contribution in [0.2, 0.25) is 0 Å². The van der Waals surface area contributed by atoms with Crippen LogP contribution in [0.4, 0.5) is 4.79 Å². The molecule has 0 spiro atoms. The first kappa shape index (κ1) is 23.3. The summed E-state index contributed by atoms with van der Waals surface area (Å²) in [4.78, 5) is 11.6. The van der Waals surface area contributed by atoms with Crippen LogP contribution in [0.5, 0.6) is 0 Å². The molecule has 0 aliphatic carbocycles. The van der Waals surface area contributed by atoms with Gasteiger partial charge in [-0.05, 0) is 33.1 Å². The van der Waals surface area contributed by atoms with E-state index in [9.17, 15) is 4.79 Å². The molecule has 1 aliphatic rings. The average Bonchev–Trinajstić information content (AvgIpc) is 3.15. The fourth-order valence-corrected chi connectivity index (χ4v) is 4.30. The summed E-state index contributed by atoms with van der Waals surface area (Å²) in [6, 6.07) is 18.1. The maximum Gasteiger partial charge on any atom is 0.508 e. The van der Waals surface area contributed by atoms with Gasteiger partial charge in [0.15, 0.2) is 0 Å². The van der Waals surface area contributed by atoms with Gasteiger partial charge >= 0.3 is 6.16 Å². The molecule has 1 aliphatic heterocycles. The number of carbonyl (C=O) groups excluding carboxylic acids is 1. The van der Waals surface area contributed by atoms with Crippen LogP contribution in [-0.4, -0.2) is 32.0 Å². The van der Waals surface area contributed by atoms with E-state index >= 15 is 0 Å². The third-order valence-corrected chi connectivity index (χ3v) is 6.23. The van der Waals surface area contributed by atoms with Crippen LogP contribution in [0.15, 0.2) is 48.5 Å². The molecule has 0 saturated carbocycles. The van der Waals surface area contributed by atoms with E-state index in [1.54, 1.807) is 0 Å². The molecule has 1 heterocycles. The van der Waals surface area contributed by atoms with Crippen molar-refractivity contribution < 1.29 is 14.3 Å². The van der Waals surface area contributed by atoms with Crippen molar-refractivity contribution in [2.45, 2.75) is 76.9 Å². The van der Waals surface area contributed by atoms with Crippen LogP contribution < -0.4 is 5.32 Å². The van der Waals surface area contributed by atoms with Crippen molar-refractivity contribution in [1.29, 1.82) is 0 Å². The molecule has 2 atom stereocenters. The molecule has 1 N–H and O–H groups in total. The van der Waals surface area contributed by atoms with Crippen molar-refractivity contribution in [1.82, 2.24) is 5.32 Å². The highest BCUT2D eigenvalue weighted by atomic mass is 16.7. The molecule has 168 valence electrons. The minimum absolute atomic E-state index is 0.118. The Balaban J connectivity index is 1.92. The predicted molar refractivity (Wildman–Crippen MR) is 126 cm³/mol. The minimum atomic E-state index is -0.618. The zero-order valence-electron chi connectivity index (χ0n) is 20.0. The maximum atomic E-state index is 11.6. The van der Waals surface area contributed by atoms with Gasteiger partial charge in [0, 0.05) is 24.9 Å². The molecule has 31 heavy (non-hydrogen) atoms. The maximum absolute atomic E-state index is 11.6. The molecule has 0 radical (unpaired) electrons. The van der Waals surface area contributed by atoms with Gasteiger partial charge in [-0.15, -0.1) is 0 Å². The molecule has 0 bridgehead atoms.